The van der Waals surface area contributed by atoms with Gasteiger partial charge < -0.3 is 24.4 Å². The fourth-order valence-electron chi connectivity index (χ4n) is 3.55. The highest BCUT2D eigenvalue weighted by atomic mass is 16.7. The van der Waals surface area contributed by atoms with E-state index in [-0.39, 0.29) is 12.8 Å². The summed E-state index contributed by atoms with van der Waals surface area (Å²) in [7, 11) is 0. The zero-order chi connectivity index (χ0) is 17.1. The molecule has 3 heterocycles. The maximum Gasteiger partial charge on any atom is 0.317 e. The summed E-state index contributed by atoms with van der Waals surface area (Å²) >= 11 is 0. The first-order chi connectivity index (χ1) is 12.3. The van der Waals surface area contributed by atoms with Gasteiger partial charge in [-0.2, -0.15) is 0 Å². The molecular formula is C18H25N3O4. The van der Waals surface area contributed by atoms with Gasteiger partial charge in [-0.25, -0.2) is 4.79 Å². The average Bonchev–Trinajstić information content (AvgIpc) is 3.31. The van der Waals surface area contributed by atoms with Gasteiger partial charge in [0.15, 0.2) is 11.5 Å². The second-order valence-corrected chi connectivity index (χ2v) is 6.77. The number of piperazine rings is 1. The van der Waals surface area contributed by atoms with E-state index >= 15 is 0 Å². The number of amides is 2. The molecule has 0 aliphatic carbocycles. The van der Waals surface area contributed by atoms with Gasteiger partial charge in [-0.1, -0.05) is 6.07 Å². The normalized spacial score (nSPS) is 23.0. The smallest absolute Gasteiger partial charge is 0.317 e. The maximum absolute atomic E-state index is 12.4. The molecule has 3 aliphatic rings. The van der Waals surface area contributed by atoms with Crippen LogP contribution in [0.5, 0.6) is 11.5 Å². The van der Waals surface area contributed by atoms with Crippen molar-refractivity contribution >= 4 is 6.03 Å². The third-order valence-corrected chi connectivity index (χ3v) is 5.03. The Morgan fingerprint density at radius 1 is 1.16 bits per heavy atom. The highest BCUT2D eigenvalue weighted by molar-refractivity contribution is 5.74. The summed E-state index contributed by atoms with van der Waals surface area (Å²) in [4.78, 5) is 16.7. The summed E-state index contributed by atoms with van der Waals surface area (Å²) in [6.45, 7) is 6.00. The molecule has 2 saturated heterocycles. The summed E-state index contributed by atoms with van der Waals surface area (Å²) < 4.78 is 16.4. The van der Waals surface area contributed by atoms with E-state index in [4.69, 9.17) is 14.2 Å². The summed E-state index contributed by atoms with van der Waals surface area (Å²) in [5, 5.41) is 3.00. The molecule has 7 heteroatoms. The Kier molecular flexibility index (Phi) is 4.94. The van der Waals surface area contributed by atoms with Gasteiger partial charge in [0.25, 0.3) is 0 Å². The second-order valence-electron chi connectivity index (χ2n) is 6.77. The van der Waals surface area contributed by atoms with Crippen LogP contribution in [0, 0.1) is 0 Å². The Bertz CT molecular complexity index is 610. The van der Waals surface area contributed by atoms with Crippen molar-refractivity contribution in [3.8, 4) is 11.5 Å². The number of nitrogens with one attached hydrogen (secondary N) is 1. The molecule has 0 spiro atoms. The fourth-order valence-corrected chi connectivity index (χ4v) is 3.55. The molecule has 0 aromatic heterocycles. The molecule has 1 unspecified atom stereocenters. The highest BCUT2D eigenvalue weighted by Crippen LogP contribution is 2.32. The summed E-state index contributed by atoms with van der Waals surface area (Å²) in [6.07, 6.45) is 2.72. The van der Waals surface area contributed by atoms with Crippen LogP contribution in [0.4, 0.5) is 4.79 Å². The Hall–Kier alpha value is -1.99. The zero-order valence-electron chi connectivity index (χ0n) is 14.4. The number of fused-ring (bicyclic) bond motifs is 1. The Labute approximate surface area is 147 Å². The first kappa shape index (κ1) is 16.5. The van der Waals surface area contributed by atoms with Gasteiger partial charge in [0.1, 0.15) is 0 Å². The van der Waals surface area contributed by atoms with Crippen molar-refractivity contribution in [2.75, 3.05) is 46.1 Å². The van der Waals surface area contributed by atoms with Crippen molar-refractivity contribution in [1.82, 2.24) is 15.1 Å². The molecule has 0 radical (unpaired) electrons. The quantitative estimate of drug-likeness (QED) is 0.893. The van der Waals surface area contributed by atoms with E-state index in [0.717, 1.165) is 62.8 Å². The lowest BCUT2D eigenvalue weighted by molar-refractivity contribution is 0.0561. The molecule has 1 atom stereocenters. The third-order valence-electron chi connectivity index (χ3n) is 5.03. The lowest BCUT2D eigenvalue weighted by atomic mass is 10.2. The molecule has 0 saturated carbocycles. The van der Waals surface area contributed by atoms with Gasteiger partial charge in [0, 0.05) is 45.9 Å². The minimum Gasteiger partial charge on any atom is -0.454 e. The number of benzene rings is 1. The SMILES string of the molecule is O=C(NCc1ccc2c(c1)OCO2)N1CCN(CC2CCCO2)CC1. The molecule has 136 valence electrons. The molecule has 0 bridgehead atoms. The number of urea groups is 1. The van der Waals surface area contributed by atoms with Gasteiger partial charge >= 0.3 is 6.03 Å². The molecule has 25 heavy (non-hydrogen) atoms. The van der Waals surface area contributed by atoms with Gasteiger partial charge in [-0.05, 0) is 30.5 Å². The summed E-state index contributed by atoms with van der Waals surface area (Å²) in [5.74, 6) is 1.51. The molecule has 2 fully saturated rings. The van der Waals surface area contributed by atoms with Crippen LogP contribution in [0.15, 0.2) is 18.2 Å². The van der Waals surface area contributed by atoms with Crippen molar-refractivity contribution in [2.45, 2.75) is 25.5 Å². The predicted molar refractivity (Wildman–Crippen MR) is 91.8 cm³/mol. The number of ether oxygens (including phenoxy) is 3. The lowest BCUT2D eigenvalue weighted by Gasteiger charge is -2.35. The molecule has 1 aromatic rings. The molecule has 2 amide bonds. The van der Waals surface area contributed by atoms with Crippen LogP contribution < -0.4 is 14.8 Å². The van der Waals surface area contributed by atoms with E-state index in [0.29, 0.717) is 12.6 Å². The van der Waals surface area contributed by atoms with Crippen LogP contribution in [0.25, 0.3) is 0 Å². The summed E-state index contributed by atoms with van der Waals surface area (Å²) in [6, 6.07) is 5.75. The van der Waals surface area contributed by atoms with Gasteiger partial charge in [-0.15, -0.1) is 0 Å². The molecule has 1 N–H and O–H groups in total. The number of hydrogen-bond acceptors (Lipinski definition) is 5. The number of carbonyl (C=O) groups is 1. The van der Waals surface area contributed by atoms with Gasteiger partial charge in [-0.3, -0.25) is 4.90 Å². The first-order valence-corrected chi connectivity index (χ1v) is 9.03. The van der Waals surface area contributed by atoms with E-state index in [9.17, 15) is 4.79 Å². The average molecular weight is 347 g/mol. The minimum atomic E-state index is -0.00515. The van der Waals surface area contributed by atoms with E-state index < -0.39 is 0 Å². The van der Waals surface area contributed by atoms with Crippen LogP contribution in [0.2, 0.25) is 0 Å². The van der Waals surface area contributed by atoms with Gasteiger partial charge in [0.05, 0.1) is 6.10 Å². The van der Waals surface area contributed by atoms with Crippen molar-refractivity contribution in [3.63, 3.8) is 0 Å². The van der Waals surface area contributed by atoms with Crippen molar-refractivity contribution in [3.05, 3.63) is 23.8 Å². The first-order valence-electron chi connectivity index (χ1n) is 9.03. The fraction of sp³-hybridized carbons (Fsp3) is 0.611. The largest absolute Gasteiger partial charge is 0.454 e. The molecule has 3 aliphatic heterocycles. The van der Waals surface area contributed by atoms with Crippen LogP contribution in [-0.2, 0) is 11.3 Å². The Balaban J connectivity index is 1.21. The predicted octanol–water partition coefficient (Wildman–Crippen LogP) is 1.42. The van der Waals surface area contributed by atoms with Crippen molar-refractivity contribution < 1.29 is 19.0 Å². The monoisotopic (exact) mass is 347 g/mol. The maximum atomic E-state index is 12.4. The Morgan fingerprint density at radius 2 is 2.00 bits per heavy atom. The standard InChI is InChI=1S/C18H25N3O4/c22-18(19-11-14-3-4-16-17(10-14)25-13-24-16)21-7-5-20(6-8-21)12-15-2-1-9-23-15/h3-4,10,15H,1-2,5-9,11-13H2,(H,19,22). The third kappa shape index (κ3) is 3.99. The van der Waals surface area contributed by atoms with Crippen LogP contribution in [0.1, 0.15) is 18.4 Å². The summed E-state index contributed by atoms with van der Waals surface area (Å²) in [5.41, 5.74) is 1.01. The van der Waals surface area contributed by atoms with Crippen LogP contribution >= 0.6 is 0 Å². The minimum absolute atomic E-state index is 0.00515. The van der Waals surface area contributed by atoms with Crippen molar-refractivity contribution in [2.24, 2.45) is 0 Å². The second kappa shape index (κ2) is 7.49. The molecular weight excluding hydrogens is 322 g/mol. The number of carbonyl (C=O) groups excluding carboxylic acids is 1. The number of hydrogen-bond donors (Lipinski definition) is 1. The zero-order valence-corrected chi connectivity index (χ0v) is 14.4. The molecule has 1 aromatic carbocycles. The van der Waals surface area contributed by atoms with E-state index in [1.807, 2.05) is 23.1 Å². The van der Waals surface area contributed by atoms with E-state index in [1.54, 1.807) is 0 Å². The van der Waals surface area contributed by atoms with E-state index in [1.165, 1.54) is 6.42 Å². The van der Waals surface area contributed by atoms with E-state index in [2.05, 4.69) is 10.2 Å². The molecule has 4 rings (SSSR count). The highest BCUT2D eigenvalue weighted by Gasteiger charge is 2.24. The lowest BCUT2D eigenvalue weighted by Crippen LogP contribution is -2.52. The van der Waals surface area contributed by atoms with Crippen LogP contribution in [0.3, 0.4) is 0 Å². The van der Waals surface area contributed by atoms with Crippen LogP contribution in [-0.4, -0.2) is 68.1 Å². The number of rotatable bonds is 4. The molecule has 7 nitrogen and oxygen atoms in total. The topological polar surface area (TPSA) is 63.3 Å². The van der Waals surface area contributed by atoms with Crippen molar-refractivity contribution in [1.29, 1.82) is 0 Å². The Morgan fingerprint density at radius 3 is 2.80 bits per heavy atom. The number of nitrogens with zero attached hydrogens (tertiary/aromatic N) is 2. The van der Waals surface area contributed by atoms with Gasteiger partial charge in [0.2, 0.25) is 6.79 Å².